The fourth-order valence-corrected chi connectivity index (χ4v) is 3.37. The van der Waals surface area contributed by atoms with Crippen molar-refractivity contribution in [1.29, 1.82) is 0 Å². The Hall–Kier alpha value is 0.1000. The second kappa shape index (κ2) is 5.43. The van der Waals surface area contributed by atoms with Gasteiger partial charge in [0, 0.05) is 17.5 Å². The summed E-state index contributed by atoms with van der Waals surface area (Å²) < 4.78 is 6.74. The molecule has 2 heterocycles. The van der Waals surface area contributed by atoms with Crippen molar-refractivity contribution >= 4 is 27.3 Å². The van der Waals surface area contributed by atoms with Gasteiger partial charge in [-0.3, -0.25) is 0 Å². The van der Waals surface area contributed by atoms with Crippen LogP contribution in [-0.4, -0.2) is 12.7 Å². The van der Waals surface area contributed by atoms with Crippen LogP contribution in [0.4, 0.5) is 0 Å². The highest BCUT2D eigenvalue weighted by Crippen LogP contribution is 2.29. The molecule has 0 aromatic carbocycles. The number of hydrogen-bond acceptors (Lipinski definition) is 3. The molecule has 1 aromatic rings. The van der Waals surface area contributed by atoms with Crippen molar-refractivity contribution in [3.63, 3.8) is 0 Å². The summed E-state index contributed by atoms with van der Waals surface area (Å²) in [5.41, 5.74) is 6.12. The lowest BCUT2D eigenvalue weighted by Crippen LogP contribution is -2.13. The van der Waals surface area contributed by atoms with Crippen LogP contribution in [0, 0.1) is 0 Å². The van der Waals surface area contributed by atoms with E-state index in [9.17, 15) is 0 Å². The molecule has 1 aliphatic rings. The van der Waals surface area contributed by atoms with Gasteiger partial charge in [-0.1, -0.05) is 0 Å². The molecule has 2 nitrogen and oxygen atoms in total. The summed E-state index contributed by atoms with van der Waals surface area (Å²) in [4.78, 5) is 1.26. The number of ether oxygens (including phenoxy) is 1. The predicted octanol–water partition coefficient (Wildman–Crippen LogP) is 3.47. The van der Waals surface area contributed by atoms with E-state index in [1.807, 2.05) is 0 Å². The molecule has 0 bridgehead atoms. The third kappa shape index (κ3) is 3.28. The molecule has 1 aromatic heterocycles. The van der Waals surface area contributed by atoms with E-state index in [0.29, 0.717) is 6.10 Å². The SMILES string of the molecule is NC(CCC1CCCO1)c1ccc(Br)s1. The number of hydrogen-bond donors (Lipinski definition) is 1. The van der Waals surface area contributed by atoms with Crippen molar-refractivity contribution in [2.75, 3.05) is 6.61 Å². The molecule has 1 fully saturated rings. The van der Waals surface area contributed by atoms with Crippen LogP contribution in [0.2, 0.25) is 0 Å². The van der Waals surface area contributed by atoms with Crippen molar-refractivity contribution in [2.24, 2.45) is 5.73 Å². The first-order valence-electron chi connectivity index (χ1n) is 5.38. The Kier molecular flexibility index (Phi) is 4.20. The van der Waals surface area contributed by atoms with Crippen molar-refractivity contribution in [1.82, 2.24) is 0 Å². The van der Waals surface area contributed by atoms with Crippen LogP contribution in [-0.2, 0) is 4.74 Å². The number of rotatable bonds is 4. The Morgan fingerprint density at radius 1 is 1.60 bits per heavy atom. The summed E-state index contributed by atoms with van der Waals surface area (Å²) in [7, 11) is 0. The monoisotopic (exact) mass is 289 g/mol. The lowest BCUT2D eigenvalue weighted by atomic mass is 10.1. The van der Waals surface area contributed by atoms with Gasteiger partial charge < -0.3 is 10.5 Å². The quantitative estimate of drug-likeness (QED) is 0.921. The highest BCUT2D eigenvalue weighted by molar-refractivity contribution is 9.11. The van der Waals surface area contributed by atoms with E-state index >= 15 is 0 Å². The second-order valence-corrected chi connectivity index (χ2v) is 6.46. The Morgan fingerprint density at radius 3 is 3.07 bits per heavy atom. The van der Waals surface area contributed by atoms with Crippen LogP contribution >= 0.6 is 27.3 Å². The lowest BCUT2D eigenvalue weighted by Gasteiger charge is -2.13. The van der Waals surface area contributed by atoms with E-state index in [-0.39, 0.29) is 6.04 Å². The van der Waals surface area contributed by atoms with Crippen LogP contribution in [0.15, 0.2) is 15.9 Å². The first-order valence-corrected chi connectivity index (χ1v) is 6.99. The molecule has 2 N–H and O–H groups in total. The molecule has 2 rings (SSSR count). The average Bonchev–Trinajstić information content (AvgIpc) is 2.84. The maximum atomic E-state index is 6.12. The molecule has 84 valence electrons. The van der Waals surface area contributed by atoms with Gasteiger partial charge in [-0.05, 0) is 53.7 Å². The molecule has 0 aliphatic carbocycles. The van der Waals surface area contributed by atoms with Crippen molar-refractivity contribution in [3.05, 3.63) is 20.8 Å². The predicted molar refractivity (Wildman–Crippen MR) is 67.2 cm³/mol. The zero-order valence-corrected chi connectivity index (χ0v) is 11.0. The zero-order chi connectivity index (χ0) is 10.7. The van der Waals surface area contributed by atoms with Gasteiger partial charge in [0.1, 0.15) is 0 Å². The summed E-state index contributed by atoms with van der Waals surface area (Å²) in [5, 5.41) is 0. The Morgan fingerprint density at radius 2 is 2.47 bits per heavy atom. The van der Waals surface area contributed by atoms with Crippen LogP contribution in [0.3, 0.4) is 0 Å². The number of nitrogens with two attached hydrogens (primary N) is 1. The summed E-state index contributed by atoms with van der Waals surface area (Å²) in [6.45, 7) is 0.935. The maximum Gasteiger partial charge on any atom is 0.0701 e. The van der Waals surface area contributed by atoms with Gasteiger partial charge in [-0.2, -0.15) is 0 Å². The van der Waals surface area contributed by atoms with Crippen LogP contribution < -0.4 is 5.73 Å². The van der Waals surface area contributed by atoms with Gasteiger partial charge in [0.25, 0.3) is 0 Å². The van der Waals surface area contributed by atoms with Gasteiger partial charge in [-0.25, -0.2) is 0 Å². The fourth-order valence-electron chi connectivity index (χ4n) is 1.91. The summed E-state index contributed by atoms with van der Waals surface area (Å²) in [6, 6.07) is 4.34. The largest absolute Gasteiger partial charge is 0.378 e. The molecule has 0 spiro atoms. The minimum Gasteiger partial charge on any atom is -0.378 e. The summed E-state index contributed by atoms with van der Waals surface area (Å²) in [5.74, 6) is 0. The third-order valence-corrected chi connectivity index (χ3v) is 4.54. The van der Waals surface area contributed by atoms with Crippen molar-refractivity contribution in [3.8, 4) is 0 Å². The van der Waals surface area contributed by atoms with Crippen molar-refractivity contribution < 1.29 is 4.74 Å². The molecule has 2 unspecified atom stereocenters. The van der Waals surface area contributed by atoms with Crippen LogP contribution in [0.1, 0.15) is 36.6 Å². The Balaban J connectivity index is 1.79. The summed E-state index contributed by atoms with van der Waals surface area (Å²) >= 11 is 5.19. The highest BCUT2D eigenvalue weighted by Gasteiger charge is 2.17. The maximum absolute atomic E-state index is 6.12. The molecule has 0 amide bonds. The van der Waals surface area contributed by atoms with Crippen molar-refractivity contribution in [2.45, 2.75) is 37.8 Å². The van der Waals surface area contributed by atoms with Gasteiger partial charge in [0.2, 0.25) is 0 Å². The Labute approximate surface area is 103 Å². The lowest BCUT2D eigenvalue weighted by molar-refractivity contribution is 0.101. The van der Waals surface area contributed by atoms with E-state index in [1.54, 1.807) is 11.3 Å². The highest BCUT2D eigenvalue weighted by atomic mass is 79.9. The minimum absolute atomic E-state index is 0.172. The molecule has 2 atom stereocenters. The first kappa shape index (κ1) is 11.6. The van der Waals surface area contributed by atoms with E-state index < -0.39 is 0 Å². The Bertz CT molecular complexity index is 309. The summed E-state index contributed by atoms with van der Waals surface area (Å²) in [6.07, 6.45) is 5.00. The second-order valence-electron chi connectivity index (χ2n) is 3.96. The topological polar surface area (TPSA) is 35.2 Å². The third-order valence-electron chi connectivity index (χ3n) is 2.78. The molecule has 1 aliphatic heterocycles. The first-order chi connectivity index (χ1) is 7.25. The van der Waals surface area contributed by atoms with Gasteiger partial charge in [0.15, 0.2) is 0 Å². The number of thiophene rings is 1. The standard InChI is InChI=1S/C11H16BrNOS/c12-11-6-5-10(15-11)9(13)4-3-8-2-1-7-14-8/h5-6,8-9H,1-4,7,13H2. The number of halogens is 1. The molecular weight excluding hydrogens is 274 g/mol. The van der Waals surface area contributed by atoms with E-state index in [1.165, 1.54) is 17.7 Å². The molecule has 4 heteroatoms. The van der Waals surface area contributed by atoms with Gasteiger partial charge in [0.05, 0.1) is 9.89 Å². The molecule has 0 radical (unpaired) electrons. The van der Waals surface area contributed by atoms with E-state index in [4.69, 9.17) is 10.5 Å². The van der Waals surface area contributed by atoms with Gasteiger partial charge >= 0.3 is 0 Å². The smallest absolute Gasteiger partial charge is 0.0701 e. The van der Waals surface area contributed by atoms with Crippen LogP contribution in [0.5, 0.6) is 0 Å². The van der Waals surface area contributed by atoms with E-state index in [2.05, 4.69) is 28.1 Å². The average molecular weight is 290 g/mol. The molecule has 15 heavy (non-hydrogen) atoms. The van der Waals surface area contributed by atoms with Gasteiger partial charge in [-0.15, -0.1) is 11.3 Å². The molecular formula is C11H16BrNOS. The fraction of sp³-hybridized carbons (Fsp3) is 0.636. The minimum atomic E-state index is 0.172. The molecule has 1 saturated heterocycles. The zero-order valence-electron chi connectivity index (χ0n) is 8.62. The van der Waals surface area contributed by atoms with Crippen LogP contribution in [0.25, 0.3) is 0 Å². The van der Waals surface area contributed by atoms with E-state index in [0.717, 1.165) is 23.2 Å². The molecule has 0 saturated carbocycles. The normalized spacial score (nSPS) is 23.2.